The number of hydrazone groups is 1. The van der Waals surface area contributed by atoms with Crippen LogP contribution in [-0.4, -0.2) is 36.7 Å². The summed E-state index contributed by atoms with van der Waals surface area (Å²) in [6, 6.07) is 8.21. The van der Waals surface area contributed by atoms with Crippen molar-refractivity contribution in [2.45, 2.75) is 45.4 Å². The topological polar surface area (TPSA) is 44.7 Å². The molecule has 4 nitrogen and oxygen atoms in total. The van der Waals surface area contributed by atoms with Crippen LogP contribution in [0, 0.1) is 0 Å². The summed E-state index contributed by atoms with van der Waals surface area (Å²) < 4.78 is 0. The minimum Gasteiger partial charge on any atom is -0.294 e. The summed E-state index contributed by atoms with van der Waals surface area (Å²) >= 11 is 0. The molecule has 0 atom stereocenters. The van der Waals surface area contributed by atoms with Crippen molar-refractivity contribution in [1.82, 2.24) is 10.3 Å². The van der Waals surface area contributed by atoms with Gasteiger partial charge in [-0.3, -0.25) is 9.69 Å². The molecule has 1 aromatic carbocycles. The highest BCUT2D eigenvalue weighted by Gasteiger charge is 2.11. The molecule has 2 rings (SSSR count). The summed E-state index contributed by atoms with van der Waals surface area (Å²) in [7, 11) is 0. The highest BCUT2D eigenvalue weighted by atomic mass is 16.2. The molecule has 1 aliphatic rings. The molecule has 0 spiro atoms. The van der Waals surface area contributed by atoms with Gasteiger partial charge in [0, 0.05) is 0 Å². The Morgan fingerprint density at radius 3 is 2.41 bits per heavy atom. The third kappa shape index (κ3) is 5.98. The molecule has 0 radical (unpaired) electrons. The molecular formula is C18H27N3O. The molecule has 4 heteroatoms. The van der Waals surface area contributed by atoms with Gasteiger partial charge < -0.3 is 0 Å². The maximum Gasteiger partial charge on any atom is 0.254 e. The summed E-state index contributed by atoms with van der Waals surface area (Å²) in [6.07, 6.45) is 9.02. The van der Waals surface area contributed by atoms with Crippen molar-refractivity contribution in [3.05, 3.63) is 35.4 Å². The first kappa shape index (κ1) is 16.7. The van der Waals surface area contributed by atoms with Gasteiger partial charge in [-0.05, 0) is 43.5 Å². The van der Waals surface area contributed by atoms with E-state index < -0.39 is 0 Å². The van der Waals surface area contributed by atoms with E-state index in [0.29, 0.717) is 6.54 Å². The van der Waals surface area contributed by atoms with Crippen LogP contribution < -0.4 is 5.43 Å². The van der Waals surface area contributed by atoms with Gasteiger partial charge in [0.05, 0.1) is 12.8 Å². The Labute approximate surface area is 133 Å². The number of nitrogens with zero attached hydrogens (tertiary/aromatic N) is 2. The minimum absolute atomic E-state index is 0.0259. The molecular weight excluding hydrogens is 274 g/mol. The van der Waals surface area contributed by atoms with E-state index in [1.807, 2.05) is 12.1 Å². The van der Waals surface area contributed by atoms with Crippen molar-refractivity contribution in [3.8, 4) is 0 Å². The van der Waals surface area contributed by atoms with E-state index in [0.717, 1.165) is 25.1 Å². The van der Waals surface area contributed by atoms with Gasteiger partial charge in [0.1, 0.15) is 0 Å². The molecule has 0 saturated carbocycles. The summed E-state index contributed by atoms with van der Waals surface area (Å²) in [5.41, 5.74) is 4.94. The number of amides is 1. The number of aryl methyl sites for hydroxylation is 1. The lowest BCUT2D eigenvalue weighted by atomic mass is 10.1. The van der Waals surface area contributed by atoms with E-state index in [1.54, 1.807) is 6.21 Å². The minimum atomic E-state index is -0.0259. The summed E-state index contributed by atoms with van der Waals surface area (Å²) in [5, 5.41) is 4.05. The monoisotopic (exact) mass is 301 g/mol. The second kappa shape index (κ2) is 9.36. The number of carbonyl (C=O) groups excluding carboxylic acids is 1. The first-order chi connectivity index (χ1) is 10.8. The Balaban J connectivity index is 1.74. The second-order valence-electron chi connectivity index (χ2n) is 5.93. The maximum atomic E-state index is 11.9. The molecule has 1 fully saturated rings. The van der Waals surface area contributed by atoms with Crippen LogP contribution in [-0.2, 0) is 11.2 Å². The maximum absolute atomic E-state index is 11.9. The molecule has 120 valence electrons. The van der Waals surface area contributed by atoms with Gasteiger partial charge in [0.2, 0.25) is 0 Å². The van der Waals surface area contributed by atoms with Crippen LogP contribution in [0.5, 0.6) is 0 Å². The van der Waals surface area contributed by atoms with Gasteiger partial charge in [0.15, 0.2) is 0 Å². The molecule has 0 aromatic heterocycles. The van der Waals surface area contributed by atoms with E-state index in [9.17, 15) is 4.79 Å². The van der Waals surface area contributed by atoms with Crippen LogP contribution in [0.15, 0.2) is 29.4 Å². The molecule has 1 aromatic rings. The van der Waals surface area contributed by atoms with Crippen LogP contribution >= 0.6 is 0 Å². The van der Waals surface area contributed by atoms with Crippen molar-refractivity contribution < 1.29 is 4.79 Å². The van der Waals surface area contributed by atoms with Crippen molar-refractivity contribution in [3.63, 3.8) is 0 Å². The van der Waals surface area contributed by atoms with Crippen LogP contribution in [0.3, 0.4) is 0 Å². The Bertz CT molecular complexity index is 474. The van der Waals surface area contributed by atoms with Crippen LogP contribution in [0.4, 0.5) is 0 Å². The number of carbonyl (C=O) groups is 1. The standard InChI is InChI=1S/C18H27N3O/c1-2-16-8-10-17(11-9-16)14-19-20-18(22)15-21-12-6-4-3-5-7-13-21/h8-11,14H,2-7,12-13,15H2,1H3,(H,20,22)/b19-14+. The number of hydrogen-bond acceptors (Lipinski definition) is 3. The fraction of sp³-hybridized carbons (Fsp3) is 0.556. The molecule has 0 unspecified atom stereocenters. The number of rotatable bonds is 5. The van der Waals surface area contributed by atoms with Crippen LogP contribution in [0.1, 0.15) is 50.2 Å². The molecule has 1 saturated heterocycles. The average Bonchev–Trinajstić information content (AvgIpc) is 2.50. The quantitative estimate of drug-likeness (QED) is 0.671. The number of benzene rings is 1. The summed E-state index contributed by atoms with van der Waals surface area (Å²) in [6.45, 7) is 4.63. The highest BCUT2D eigenvalue weighted by Crippen LogP contribution is 2.09. The smallest absolute Gasteiger partial charge is 0.254 e. The summed E-state index contributed by atoms with van der Waals surface area (Å²) in [4.78, 5) is 14.2. The van der Waals surface area contributed by atoms with Gasteiger partial charge in [0.25, 0.3) is 5.91 Å². The number of nitrogens with one attached hydrogen (secondary N) is 1. The number of likely N-dealkylation sites (tertiary alicyclic amines) is 1. The van der Waals surface area contributed by atoms with Gasteiger partial charge in [-0.2, -0.15) is 5.10 Å². The first-order valence-corrected chi connectivity index (χ1v) is 8.41. The van der Waals surface area contributed by atoms with E-state index in [-0.39, 0.29) is 5.91 Å². The zero-order valence-electron chi connectivity index (χ0n) is 13.6. The van der Waals surface area contributed by atoms with Gasteiger partial charge in [-0.1, -0.05) is 50.5 Å². The SMILES string of the molecule is CCc1ccc(/C=N/NC(=O)CN2CCCCCCC2)cc1. The molecule has 0 bridgehead atoms. The van der Waals surface area contributed by atoms with Crippen LogP contribution in [0.2, 0.25) is 0 Å². The third-order valence-corrected chi connectivity index (χ3v) is 4.11. The lowest BCUT2D eigenvalue weighted by Gasteiger charge is -2.23. The van der Waals surface area contributed by atoms with Crippen molar-refractivity contribution >= 4 is 12.1 Å². The van der Waals surface area contributed by atoms with Crippen LogP contribution in [0.25, 0.3) is 0 Å². The molecule has 1 heterocycles. The highest BCUT2D eigenvalue weighted by molar-refractivity contribution is 5.83. The second-order valence-corrected chi connectivity index (χ2v) is 5.93. The fourth-order valence-electron chi connectivity index (χ4n) is 2.73. The van der Waals surface area contributed by atoms with E-state index >= 15 is 0 Å². The Kier molecular flexibility index (Phi) is 7.10. The number of hydrogen-bond donors (Lipinski definition) is 1. The third-order valence-electron chi connectivity index (χ3n) is 4.11. The van der Waals surface area contributed by atoms with E-state index in [2.05, 4.69) is 34.5 Å². The molecule has 1 N–H and O–H groups in total. The molecule has 1 aliphatic heterocycles. The fourth-order valence-corrected chi connectivity index (χ4v) is 2.73. The van der Waals surface area contributed by atoms with Gasteiger partial charge in [-0.15, -0.1) is 0 Å². The van der Waals surface area contributed by atoms with E-state index in [1.165, 1.54) is 37.7 Å². The molecule has 22 heavy (non-hydrogen) atoms. The Hall–Kier alpha value is -1.68. The average molecular weight is 301 g/mol. The van der Waals surface area contributed by atoms with Crippen molar-refractivity contribution in [1.29, 1.82) is 0 Å². The lowest BCUT2D eigenvalue weighted by Crippen LogP contribution is -2.37. The molecule has 1 amide bonds. The Morgan fingerprint density at radius 2 is 1.77 bits per heavy atom. The lowest BCUT2D eigenvalue weighted by molar-refractivity contribution is -0.122. The largest absolute Gasteiger partial charge is 0.294 e. The first-order valence-electron chi connectivity index (χ1n) is 8.41. The predicted octanol–water partition coefficient (Wildman–Crippen LogP) is 2.97. The normalized spacial score (nSPS) is 17.1. The van der Waals surface area contributed by atoms with Gasteiger partial charge >= 0.3 is 0 Å². The zero-order valence-corrected chi connectivity index (χ0v) is 13.6. The Morgan fingerprint density at radius 1 is 1.14 bits per heavy atom. The molecule has 0 aliphatic carbocycles. The zero-order chi connectivity index (χ0) is 15.6. The van der Waals surface area contributed by atoms with Gasteiger partial charge in [-0.25, -0.2) is 5.43 Å². The summed E-state index contributed by atoms with van der Waals surface area (Å²) in [5.74, 6) is -0.0259. The van der Waals surface area contributed by atoms with Crippen molar-refractivity contribution in [2.75, 3.05) is 19.6 Å². The predicted molar refractivity (Wildman–Crippen MR) is 91.1 cm³/mol. The van der Waals surface area contributed by atoms with E-state index in [4.69, 9.17) is 0 Å². The van der Waals surface area contributed by atoms with Crippen molar-refractivity contribution in [2.24, 2.45) is 5.10 Å².